The van der Waals surface area contributed by atoms with Crippen LogP contribution in [0.15, 0.2) is 35.4 Å². The number of benzene rings is 2. The van der Waals surface area contributed by atoms with Crippen LogP contribution in [0.3, 0.4) is 0 Å². The smallest absolute Gasteiger partial charge is 0.255 e. The van der Waals surface area contributed by atoms with Gasteiger partial charge in [0, 0.05) is 17.0 Å². The standard InChI is InChI=1S/C22H26N4O2S/c1-6-10-28-17-9-7-8-16(12-17)21(27)24-19-14(4)11-18-20(15(19)5)29-22(23-18)26-25-13(2)3/h7-9,11-12H,6,10H2,1-5H3,(H,23,26)(H,24,27). The first-order valence-electron chi connectivity index (χ1n) is 9.61. The summed E-state index contributed by atoms with van der Waals surface area (Å²) in [6, 6.07) is 9.25. The molecule has 29 heavy (non-hydrogen) atoms. The number of nitrogens with zero attached hydrogens (tertiary/aromatic N) is 2. The monoisotopic (exact) mass is 410 g/mol. The molecule has 2 N–H and O–H groups in total. The fourth-order valence-corrected chi connectivity index (χ4v) is 3.81. The van der Waals surface area contributed by atoms with E-state index in [1.54, 1.807) is 12.1 Å². The third-order valence-electron chi connectivity index (χ3n) is 4.30. The Morgan fingerprint density at radius 2 is 2.03 bits per heavy atom. The van der Waals surface area contributed by atoms with E-state index in [4.69, 9.17) is 4.74 Å². The summed E-state index contributed by atoms with van der Waals surface area (Å²) < 4.78 is 6.66. The number of thiazole rings is 1. The van der Waals surface area contributed by atoms with Gasteiger partial charge in [-0.2, -0.15) is 5.10 Å². The Kier molecular flexibility index (Phi) is 6.49. The molecular formula is C22H26N4O2S. The number of amides is 1. The van der Waals surface area contributed by atoms with E-state index in [1.165, 1.54) is 11.3 Å². The number of ether oxygens (including phenoxy) is 1. The van der Waals surface area contributed by atoms with Crippen LogP contribution in [0.1, 0.15) is 48.7 Å². The van der Waals surface area contributed by atoms with Crippen LogP contribution in [-0.2, 0) is 0 Å². The molecule has 3 rings (SSSR count). The fourth-order valence-electron chi connectivity index (χ4n) is 2.92. The predicted molar refractivity (Wildman–Crippen MR) is 122 cm³/mol. The highest BCUT2D eigenvalue weighted by Crippen LogP contribution is 2.35. The molecule has 3 aromatic rings. The average molecular weight is 411 g/mol. The minimum absolute atomic E-state index is 0.161. The van der Waals surface area contributed by atoms with Gasteiger partial charge in [-0.25, -0.2) is 4.98 Å². The Labute approximate surface area is 175 Å². The lowest BCUT2D eigenvalue weighted by Crippen LogP contribution is -2.14. The van der Waals surface area contributed by atoms with Crippen molar-refractivity contribution in [2.24, 2.45) is 5.10 Å². The molecule has 0 fully saturated rings. The van der Waals surface area contributed by atoms with Gasteiger partial charge in [-0.15, -0.1) is 0 Å². The van der Waals surface area contributed by atoms with Gasteiger partial charge in [0.1, 0.15) is 5.75 Å². The Balaban J connectivity index is 1.87. The van der Waals surface area contributed by atoms with E-state index in [2.05, 4.69) is 20.8 Å². The van der Waals surface area contributed by atoms with Gasteiger partial charge in [-0.1, -0.05) is 24.3 Å². The van der Waals surface area contributed by atoms with Crippen molar-refractivity contribution in [2.45, 2.75) is 41.0 Å². The van der Waals surface area contributed by atoms with Crippen LogP contribution in [0.2, 0.25) is 0 Å². The summed E-state index contributed by atoms with van der Waals surface area (Å²) in [5, 5.41) is 8.01. The zero-order chi connectivity index (χ0) is 21.0. The van der Waals surface area contributed by atoms with Crippen molar-refractivity contribution in [1.29, 1.82) is 0 Å². The van der Waals surface area contributed by atoms with Crippen LogP contribution in [0.25, 0.3) is 10.2 Å². The van der Waals surface area contributed by atoms with Crippen LogP contribution in [0.4, 0.5) is 10.8 Å². The second-order valence-corrected chi connectivity index (χ2v) is 8.06. The van der Waals surface area contributed by atoms with Crippen molar-refractivity contribution in [2.75, 3.05) is 17.3 Å². The molecule has 0 atom stereocenters. The van der Waals surface area contributed by atoms with Gasteiger partial charge in [0.25, 0.3) is 5.91 Å². The summed E-state index contributed by atoms with van der Waals surface area (Å²) in [6.07, 6.45) is 0.920. The van der Waals surface area contributed by atoms with E-state index in [-0.39, 0.29) is 5.91 Å². The van der Waals surface area contributed by atoms with E-state index >= 15 is 0 Å². The fraction of sp³-hybridized carbons (Fsp3) is 0.318. The molecule has 0 spiro atoms. The third kappa shape index (κ3) is 4.92. The number of fused-ring (bicyclic) bond motifs is 1. The molecule has 0 bridgehead atoms. The maximum absolute atomic E-state index is 12.9. The van der Waals surface area contributed by atoms with Gasteiger partial charge in [-0.3, -0.25) is 10.2 Å². The summed E-state index contributed by atoms with van der Waals surface area (Å²) in [6.45, 7) is 10.5. The van der Waals surface area contributed by atoms with Crippen molar-refractivity contribution in [3.8, 4) is 5.75 Å². The first kappa shape index (κ1) is 20.8. The van der Waals surface area contributed by atoms with Crippen molar-refractivity contribution in [3.63, 3.8) is 0 Å². The summed E-state index contributed by atoms with van der Waals surface area (Å²) in [5.74, 6) is 0.542. The SMILES string of the molecule is CCCOc1cccc(C(=O)Nc2c(C)cc3nc(NN=C(C)C)sc3c2C)c1. The minimum atomic E-state index is -0.161. The molecule has 0 saturated heterocycles. The quantitative estimate of drug-likeness (QED) is 0.383. The maximum Gasteiger partial charge on any atom is 0.255 e. The van der Waals surface area contributed by atoms with Gasteiger partial charge in [-0.05, 0) is 69.5 Å². The molecule has 0 saturated carbocycles. The number of carbonyl (C=O) groups excluding carboxylic acids is 1. The highest BCUT2D eigenvalue weighted by Gasteiger charge is 2.16. The van der Waals surface area contributed by atoms with Gasteiger partial charge in [0.15, 0.2) is 0 Å². The number of hydrazone groups is 1. The Morgan fingerprint density at radius 1 is 1.24 bits per heavy atom. The molecule has 1 amide bonds. The summed E-state index contributed by atoms with van der Waals surface area (Å²) in [7, 11) is 0. The topological polar surface area (TPSA) is 75.6 Å². The van der Waals surface area contributed by atoms with E-state index < -0.39 is 0 Å². The van der Waals surface area contributed by atoms with Gasteiger partial charge >= 0.3 is 0 Å². The average Bonchev–Trinajstić information content (AvgIpc) is 3.11. The lowest BCUT2D eigenvalue weighted by atomic mass is 10.1. The Morgan fingerprint density at radius 3 is 2.76 bits per heavy atom. The van der Waals surface area contributed by atoms with Crippen molar-refractivity contribution >= 4 is 44.0 Å². The highest BCUT2D eigenvalue weighted by molar-refractivity contribution is 7.22. The molecule has 7 heteroatoms. The highest BCUT2D eigenvalue weighted by atomic mass is 32.1. The van der Waals surface area contributed by atoms with Gasteiger partial charge in [0.2, 0.25) is 5.13 Å². The predicted octanol–water partition coefficient (Wildman–Crippen LogP) is 5.76. The first-order valence-corrected chi connectivity index (χ1v) is 10.4. The molecule has 6 nitrogen and oxygen atoms in total. The molecule has 0 aliphatic rings. The van der Waals surface area contributed by atoms with Crippen LogP contribution in [-0.4, -0.2) is 23.2 Å². The number of hydrogen-bond acceptors (Lipinski definition) is 6. The molecule has 0 radical (unpaired) electrons. The van der Waals surface area contributed by atoms with Crippen molar-refractivity contribution < 1.29 is 9.53 Å². The maximum atomic E-state index is 12.9. The largest absolute Gasteiger partial charge is 0.494 e. The number of aryl methyl sites for hydroxylation is 2. The lowest BCUT2D eigenvalue weighted by molar-refractivity contribution is 0.102. The molecule has 0 aliphatic carbocycles. The Hall–Kier alpha value is -2.93. The summed E-state index contributed by atoms with van der Waals surface area (Å²) >= 11 is 1.52. The minimum Gasteiger partial charge on any atom is -0.494 e. The van der Waals surface area contributed by atoms with Gasteiger partial charge < -0.3 is 10.1 Å². The number of anilines is 2. The van der Waals surface area contributed by atoms with E-state index in [0.29, 0.717) is 17.9 Å². The molecule has 0 aliphatic heterocycles. The number of carbonyl (C=O) groups is 1. The van der Waals surface area contributed by atoms with Crippen molar-refractivity contribution in [1.82, 2.24) is 4.98 Å². The van der Waals surface area contributed by atoms with E-state index in [0.717, 1.165) is 44.3 Å². The number of rotatable bonds is 7. The van der Waals surface area contributed by atoms with Crippen LogP contribution < -0.4 is 15.5 Å². The normalized spacial score (nSPS) is 10.7. The van der Waals surface area contributed by atoms with Crippen LogP contribution in [0.5, 0.6) is 5.75 Å². The van der Waals surface area contributed by atoms with E-state index in [1.807, 2.05) is 52.8 Å². The number of aromatic nitrogens is 1. The Bertz CT molecular complexity index is 1070. The third-order valence-corrected chi connectivity index (χ3v) is 5.39. The van der Waals surface area contributed by atoms with Crippen LogP contribution >= 0.6 is 11.3 Å². The zero-order valence-electron chi connectivity index (χ0n) is 17.4. The summed E-state index contributed by atoms with van der Waals surface area (Å²) in [5.41, 5.74) is 8.14. The molecular weight excluding hydrogens is 384 g/mol. The zero-order valence-corrected chi connectivity index (χ0v) is 18.2. The molecule has 0 unspecified atom stereocenters. The summed E-state index contributed by atoms with van der Waals surface area (Å²) in [4.78, 5) is 17.5. The molecule has 152 valence electrons. The molecule has 2 aromatic carbocycles. The second kappa shape index (κ2) is 9.05. The molecule has 1 heterocycles. The second-order valence-electron chi connectivity index (χ2n) is 7.06. The van der Waals surface area contributed by atoms with E-state index in [9.17, 15) is 4.79 Å². The number of hydrogen-bond donors (Lipinski definition) is 2. The first-order chi connectivity index (χ1) is 13.9. The lowest BCUT2D eigenvalue weighted by Gasteiger charge is -2.13. The van der Waals surface area contributed by atoms with Crippen molar-refractivity contribution in [3.05, 3.63) is 47.0 Å². The van der Waals surface area contributed by atoms with Gasteiger partial charge in [0.05, 0.1) is 16.8 Å². The molecule has 1 aromatic heterocycles. The van der Waals surface area contributed by atoms with Crippen LogP contribution in [0, 0.1) is 13.8 Å². The number of nitrogens with one attached hydrogen (secondary N) is 2.